The van der Waals surface area contributed by atoms with E-state index in [1.54, 1.807) is 13.0 Å². The molecule has 2 aliphatic rings. The quantitative estimate of drug-likeness (QED) is 0.755. The summed E-state index contributed by atoms with van der Waals surface area (Å²) in [5.74, 6) is -1.65. The summed E-state index contributed by atoms with van der Waals surface area (Å²) in [5, 5.41) is 2.63. The van der Waals surface area contributed by atoms with E-state index in [1.165, 1.54) is 40.9 Å². The molecule has 6 nitrogen and oxygen atoms in total. The van der Waals surface area contributed by atoms with Crippen LogP contribution in [-0.4, -0.2) is 28.8 Å². The third kappa shape index (κ3) is 3.37. The normalized spacial score (nSPS) is 20.8. The Labute approximate surface area is 171 Å². The number of nitrogens with zero attached hydrogens (tertiary/aromatic N) is 1. The van der Waals surface area contributed by atoms with Crippen molar-refractivity contribution in [2.75, 3.05) is 10.2 Å². The van der Waals surface area contributed by atoms with Crippen LogP contribution in [-0.2, 0) is 19.1 Å². The molecule has 0 aromatic heterocycles. The molecule has 0 spiro atoms. The maximum atomic E-state index is 13.2. The van der Waals surface area contributed by atoms with Crippen LogP contribution in [0.2, 0.25) is 0 Å². The van der Waals surface area contributed by atoms with Crippen LogP contribution in [0.5, 0.6) is 0 Å². The number of rotatable bonds is 5. The first-order valence-corrected chi connectivity index (χ1v) is 10.1. The maximum Gasteiger partial charge on any atom is 0.344 e. The molecule has 2 heterocycles. The van der Waals surface area contributed by atoms with Crippen molar-refractivity contribution in [2.24, 2.45) is 0 Å². The monoisotopic (exact) mass is 414 g/mol. The number of esters is 1. The number of fused-ring (bicyclic) bond motifs is 3. The first-order valence-electron chi connectivity index (χ1n) is 9.33. The van der Waals surface area contributed by atoms with Crippen molar-refractivity contribution in [3.05, 3.63) is 54.3 Å². The highest BCUT2D eigenvalue weighted by molar-refractivity contribution is 8.02. The SMILES string of the molecule is CCC(OC(=O)C12CCC(=O)N1c1ccccc1S2)C(=O)Nc1ccc(F)cc1. The van der Waals surface area contributed by atoms with Crippen molar-refractivity contribution >= 4 is 40.9 Å². The molecule has 2 aromatic rings. The summed E-state index contributed by atoms with van der Waals surface area (Å²) in [6, 6.07) is 12.7. The summed E-state index contributed by atoms with van der Waals surface area (Å²) in [7, 11) is 0. The third-order valence-electron chi connectivity index (χ3n) is 5.02. The van der Waals surface area contributed by atoms with Crippen LogP contribution in [0.1, 0.15) is 26.2 Å². The zero-order valence-corrected chi connectivity index (χ0v) is 16.5. The van der Waals surface area contributed by atoms with Gasteiger partial charge < -0.3 is 10.1 Å². The Bertz CT molecular complexity index is 981. The van der Waals surface area contributed by atoms with Gasteiger partial charge in [0.15, 0.2) is 11.0 Å². The fraction of sp³-hybridized carbons (Fsp3) is 0.286. The Balaban J connectivity index is 1.52. The predicted molar refractivity (Wildman–Crippen MR) is 107 cm³/mol. The van der Waals surface area contributed by atoms with Gasteiger partial charge in [0, 0.05) is 23.4 Å². The van der Waals surface area contributed by atoms with E-state index in [4.69, 9.17) is 4.74 Å². The molecule has 1 saturated heterocycles. The van der Waals surface area contributed by atoms with Crippen LogP contribution in [0, 0.1) is 5.82 Å². The molecule has 0 bridgehead atoms. The lowest BCUT2D eigenvalue weighted by molar-refractivity contribution is -0.156. The number of thioether (sulfide) groups is 1. The van der Waals surface area contributed by atoms with E-state index in [1.807, 2.05) is 18.2 Å². The molecule has 0 radical (unpaired) electrons. The van der Waals surface area contributed by atoms with Gasteiger partial charge >= 0.3 is 5.97 Å². The minimum Gasteiger partial charge on any atom is -0.450 e. The van der Waals surface area contributed by atoms with Crippen molar-refractivity contribution in [3.8, 4) is 0 Å². The van der Waals surface area contributed by atoms with Crippen LogP contribution in [0.4, 0.5) is 15.8 Å². The van der Waals surface area contributed by atoms with Gasteiger partial charge in [-0.25, -0.2) is 9.18 Å². The Morgan fingerprint density at radius 2 is 1.97 bits per heavy atom. The summed E-state index contributed by atoms with van der Waals surface area (Å²) >= 11 is 1.29. The van der Waals surface area contributed by atoms with Gasteiger partial charge in [0.05, 0.1) is 5.69 Å². The Morgan fingerprint density at radius 1 is 1.24 bits per heavy atom. The Kier molecular flexibility index (Phi) is 5.04. The molecule has 4 rings (SSSR count). The zero-order valence-electron chi connectivity index (χ0n) is 15.7. The van der Waals surface area contributed by atoms with Crippen molar-refractivity contribution in [1.82, 2.24) is 0 Å². The number of ether oxygens (including phenoxy) is 1. The highest BCUT2D eigenvalue weighted by atomic mass is 32.2. The van der Waals surface area contributed by atoms with Gasteiger partial charge in [-0.05, 0) is 42.8 Å². The molecule has 0 aliphatic carbocycles. The third-order valence-corrected chi connectivity index (χ3v) is 6.47. The molecule has 8 heteroatoms. The van der Waals surface area contributed by atoms with Gasteiger partial charge in [-0.2, -0.15) is 0 Å². The summed E-state index contributed by atoms with van der Waals surface area (Å²) < 4.78 is 18.6. The summed E-state index contributed by atoms with van der Waals surface area (Å²) in [5.41, 5.74) is 1.10. The highest BCUT2D eigenvalue weighted by Gasteiger charge is 2.59. The summed E-state index contributed by atoms with van der Waals surface area (Å²) in [6.07, 6.45) is -0.195. The van der Waals surface area contributed by atoms with Crippen molar-refractivity contribution in [2.45, 2.75) is 42.1 Å². The van der Waals surface area contributed by atoms with Gasteiger partial charge in [-0.1, -0.05) is 30.8 Å². The van der Waals surface area contributed by atoms with Gasteiger partial charge in [0.25, 0.3) is 5.91 Å². The molecular formula is C21H19FN2O4S. The number of carbonyl (C=O) groups excluding carboxylic acids is 3. The fourth-order valence-electron chi connectivity index (χ4n) is 3.57. The van der Waals surface area contributed by atoms with Crippen LogP contribution in [0.15, 0.2) is 53.4 Å². The molecule has 2 aromatic carbocycles. The highest BCUT2D eigenvalue weighted by Crippen LogP contribution is 2.56. The second-order valence-corrected chi connectivity index (χ2v) is 8.20. The van der Waals surface area contributed by atoms with Gasteiger partial charge in [0.1, 0.15) is 5.82 Å². The van der Waals surface area contributed by atoms with Crippen LogP contribution in [0.25, 0.3) is 0 Å². The van der Waals surface area contributed by atoms with Crippen molar-refractivity contribution in [3.63, 3.8) is 0 Å². The first-order chi connectivity index (χ1) is 13.9. The molecule has 2 unspecified atom stereocenters. The summed E-state index contributed by atoms with van der Waals surface area (Å²) in [4.78, 5) is 39.4. The number of para-hydroxylation sites is 1. The topological polar surface area (TPSA) is 75.7 Å². The number of hydrogen-bond donors (Lipinski definition) is 1. The average molecular weight is 414 g/mol. The minimum absolute atomic E-state index is 0.136. The zero-order chi connectivity index (χ0) is 20.6. The molecule has 2 aliphatic heterocycles. The molecule has 1 N–H and O–H groups in total. The fourth-order valence-corrected chi connectivity index (χ4v) is 4.97. The number of carbonyl (C=O) groups is 3. The predicted octanol–water partition coefficient (Wildman–Crippen LogP) is 3.72. The number of halogens is 1. The van der Waals surface area contributed by atoms with Crippen molar-refractivity contribution in [1.29, 1.82) is 0 Å². The van der Waals surface area contributed by atoms with Crippen LogP contribution < -0.4 is 10.2 Å². The standard InChI is InChI=1S/C21H19FN2O4S/c1-2-16(19(26)23-14-9-7-13(22)8-10-14)28-20(27)21-12-11-18(25)24(21)15-5-3-4-6-17(15)29-21/h3-10,16H,2,11-12H2,1H3,(H,23,26). The largest absolute Gasteiger partial charge is 0.450 e. The number of nitrogens with one attached hydrogen (secondary N) is 1. The molecular weight excluding hydrogens is 395 g/mol. The number of anilines is 2. The molecule has 2 atom stereocenters. The molecule has 0 saturated carbocycles. The lowest BCUT2D eigenvalue weighted by Crippen LogP contribution is -2.49. The van der Waals surface area contributed by atoms with Crippen LogP contribution in [0.3, 0.4) is 0 Å². The Morgan fingerprint density at radius 3 is 2.69 bits per heavy atom. The molecule has 150 valence electrons. The van der Waals surface area contributed by atoms with Crippen molar-refractivity contribution < 1.29 is 23.5 Å². The van der Waals surface area contributed by atoms with E-state index in [-0.39, 0.29) is 18.7 Å². The van der Waals surface area contributed by atoms with E-state index in [0.717, 1.165) is 4.90 Å². The first kappa shape index (κ1) is 19.4. The van der Waals surface area contributed by atoms with E-state index in [9.17, 15) is 18.8 Å². The van der Waals surface area contributed by atoms with Crippen LogP contribution >= 0.6 is 11.8 Å². The van der Waals surface area contributed by atoms with E-state index in [2.05, 4.69) is 5.32 Å². The van der Waals surface area contributed by atoms with E-state index in [0.29, 0.717) is 17.8 Å². The van der Waals surface area contributed by atoms with Gasteiger partial charge in [-0.3, -0.25) is 14.5 Å². The lowest BCUT2D eigenvalue weighted by atomic mass is 10.2. The smallest absolute Gasteiger partial charge is 0.344 e. The van der Waals surface area contributed by atoms with E-state index < -0.39 is 28.7 Å². The molecule has 29 heavy (non-hydrogen) atoms. The Hall–Kier alpha value is -2.87. The second-order valence-electron chi connectivity index (χ2n) is 6.88. The number of hydrogen-bond acceptors (Lipinski definition) is 5. The average Bonchev–Trinajstić information content (AvgIpc) is 3.23. The second kappa shape index (κ2) is 7.51. The maximum absolute atomic E-state index is 13.2. The number of amides is 2. The lowest BCUT2D eigenvalue weighted by Gasteiger charge is -2.30. The minimum atomic E-state index is -1.18. The molecule has 1 fully saturated rings. The van der Waals surface area contributed by atoms with Gasteiger partial charge in [0.2, 0.25) is 5.91 Å². The molecule has 2 amide bonds. The van der Waals surface area contributed by atoms with E-state index >= 15 is 0 Å². The van der Waals surface area contributed by atoms with Gasteiger partial charge in [-0.15, -0.1) is 0 Å². The number of benzene rings is 2. The summed E-state index contributed by atoms with van der Waals surface area (Å²) in [6.45, 7) is 1.73.